The molecule has 4 aromatic rings. The minimum absolute atomic E-state index is 0.0463. The van der Waals surface area contributed by atoms with E-state index in [2.05, 4.69) is 0 Å². The van der Waals surface area contributed by atoms with Crippen molar-refractivity contribution in [3.63, 3.8) is 0 Å². The number of Topliss-reactive ketones (excluding diaryl/α,β-unsaturated/α-hetero) is 1. The van der Waals surface area contributed by atoms with E-state index in [9.17, 15) is 24.6 Å². The summed E-state index contributed by atoms with van der Waals surface area (Å²) in [5.41, 5.74) is 2.18. The van der Waals surface area contributed by atoms with Crippen molar-refractivity contribution in [2.45, 2.75) is 6.92 Å². The summed E-state index contributed by atoms with van der Waals surface area (Å²) in [4.78, 5) is 34.2. The van der Waals surface area contributed by atoms with Gasteiger partial charge in [-0.25, -0.2) is 4.79 Å². The number of phenolic OH excluding ortho intramolecular Hbond substituents is 2. The van der Waals surface area contributed by atoms with E-state index < -0.39 is 5.97 Å². The monoisotopic (exact) mass is 474 g/mol. The number of carboxylic acids is 1. The van der Waals surface area contributed by atoms with E-state index in [-0.39, 0.29) is 34.0 Å². The van der Waals surface area contributed by atoms with E-state index in [1.54, 1.807) is 6.07 Å². The fourth-order valence-electron chi connectivity index (χ4n) is 3.39. The number of phenols is 2. The van der Waals surface area contributed by atoms with E-state index in [1.165, 1.54) is 50.6 Å². The molecule has 8 heteroatoms. The first-order valence-electron chi connectivity index (χ1n) is 10.3. The molecule has 3 N–H and O–H groups in total. The highest BCUT2D eigenvalue weighted by Crippen LogP contribution is 2.33. The largest absolute Gasteiger partial charge is 0.508 e. The highest BCUT2D eigenvalue weighted by atomic mass is 16.5. The molecule has 0 fully saturated rings. The third kappa shape index (κ3) is 5.75. The Bertz CT molecular complexity index is 1470. The van der Waals surface area contributed by atoms with Gasteiger partial charge in [-0.15, -0.1) is 0 Å². The number of aromatic hydroxyl groups is 2. The molecular weight excluding hydrogens is 452 g/mol. The number of carbonyl (C=O) groups excluding carboxylic acids is 1. The molecule has 0 atom stereocenters. The van der Waals surface area contributed by atoms with Crippen molar-refractivity contribution in [1.82, 2.24) is 0 Å². The Balaban J connectivity index is 0.000000196. The second-order valence-electron chi connectivity index (χ2n) is 7.33. The third-order valence-corrected chi connectivity index (χ3v) is 4.97. The lowest BCUT2D eigenvalue weighted by atomic mass is 10.0. The minimum Gasteiger partial charge on any atom is -0.508 e. The molecule has 0 aliphatic carbocycles. The zero-order chi connectivity index (χ0) is 25.5. The Morgan fingerprint density at radius 3 is 2.34 bits per heavy atom. The van der Waals surface area contributed by atoms with Crippen LogP contribution in [-0.2, 0) is 4.79 Å². The average molecular weight is 474 g/mol. The number of ether oxygens (including phenoxy) is 1. The Kier molecular flexibility index (Phi) is 7.68. The molecular formula is C27H22O8. The van der Waals surface area contributed by atoms with Crippen molar-refractivity contribution in [3.05, 3.63) is 94.4 Å². The van der Waals surface area contributed by atoms with Gasteiger partial charge in [-0.2, -0.15) is 0 Å². The van der Waals surface area contributed by atoms with E-state index in [4.69, 9.17) is 14.3 Å². The van der Waals surface area contributed by atoms with E-state index >= 15 is 0 Å². The van der Waals surface area contributed by atoms with Crippen LogP contribution in [0.3, 0.4) is 0 Å². The van der Waals surface area contributed by atoms with Crippen LogP contribution >= 0.6 is 0 Å². The number of rotatable bonds is 5. The summed E-state index contributed by atoms with van der Waals surface area (Å²) < 4.78 is 10.3. The van der Waals surface area contributed by atoms with Gasteiger partial charge >= 0.3 is 5.97 Å². The standard InChI is InChI=1S/C15H10O3.C12H12O5/c16-11-6-7-12-14(8-11)18-9-13(15(12)17)10-4-2-1-3-5-10;1-7(13)11-8(4-6-10(15)16)3-5-9(14)12(11)17-2/h1-9,16H;3-6,14H,1-2H3,(H,15,16). The Morgan fingerprint density at radius 1 is 1.00 bits per heavy atom. The van der Waals surface area contributed by atoms with E-state index in [0.717, 1.165) is 11.6 Å². The van der Waals surface area contributed by atoms with Gasteiger partial charge in [-0.05, 0) is 42.3 Å². The zero-order valence-electron chi connectivity index (χ0n) is 18.9. The molecule has 35 heavy (non-hydrogen) atoms. The van der Waals surface area contributed by atoms with Crippen LogP contribution in [0.4, 0.5) is 0 Å². The normalized spacial score (nSPS) is 10.6. The lowest BCUT2D eigenvalue weighted by Gasteiger charge is -2.10. The van der Waals surface area contributed by atoms with Gasteiger partial charge in [-0.3, -0.25) is 9.59 Å². The molecule has 0 spiro atoms. The maximum atomic E-state index is 12.3. The number of carbonyl (C=O) groups is 2. The van der Waals surface area contributed by atoms with Gasteiger partial charge < -0.3 is 24.5 Å². The molecule has 0 unspecified atom stereocenters. The fraction of sp³-hybridized carbons (Fsp3) is 0.0741. The van der Waals surface area contributed by atoms with E-state index in [0.29, 0.717) is 22.1 Å². The molecule has 3 aromatic carbocycles. The van der Waals surface area contributed by atoms with Crippen molar-refractivity contribution in [3.8, 4) is 28.4 Å². The molecule has 0 aliphatic rings. The van der Waals surface area contributed by atoms with Crippen LogP contribution in [0.1, 0.15) is 22.8 Å². The van der Waals surface area contributed by atoms with Gasteiger partial charge in [0, 0.05) is 12.1 Å². The van der Waals surface area contributed by atoms with Crippen LogP contribution in [0.2, 0.25) is 0 Å². The smallest absolute Gasteiger partial charge is 0.328 e. The van der Waals surface area contributed by atoms with Crippen molar-refractivity contribution in [2.24, 2.45) is 0 Å². The molecule has 4 rings (SSSR count). The average Bonchev–Trinajstić information content (AvgIpc) is 2.84. The molecule has 1 aromatic heterocycles. The van der Waals surface area contributed by atoms with E-state index in [1.807, 2.05) is 30.3 Å². The number of aliphatic carboxylic acids is 1. The SMILES string of the molecule is COc1c(O)ccc(C=CC(=O)O)c1C(C)=O.O=c1c(-c2ccccc2)coc2cc(O)ccc12. The second-order valence-corrected chi connectivity index (χ2v) is 7.33. The number of carboxylic acid groups (broad SMARTS) is 1. The molecule has 0 amide bonds. The third-order valence-electron chi connectivity index (χ3n) is 4.97. The first-order valence-corrected chi connectivity index (χ1v) is 10.3. The number of fused-ring (bicyclic) bond motifs is 1. The summed E-state index contributed by atoms with van der Waals surface area (Å²) in [5.74, 6) is -1.47. The first-order chi connectivity index (χ1) is 16.7. The van der Waals surface area contributed by atoms with Gasteiger partial charge in [0.15, 0.2) is 22.7 Å². The van der Waals surface area contributed by atoms with Crippen LogP contribution in [0.5, 0.6) is 17.2 Å². The van der Waals surface area contributed by atoms with Gasteiger partial charge in [0.05, 0.1) is 23.6 Å². The molecule has 1 heterocycles. The van der Waals surface area contributed by atoms with Crippen LogP contribution in [0.25, 0.3) is 28.2 Å². The maximum absolute atomic E-state index is 12.3. The summed E-state index contributed by atoms with van der Waals surface area (Å²) in [7, 11) is 1.33. The molecule has 0 radical (unpaired) electrons. The predicted molar refractivity (Wildman–Crippen MR) is 131 cm³/mol. The van der Waals surface area contributed by atoms with Crippen LogP contribution in [0.15, 0.2) is 82.2 Å². The quantitative estimate of drug-likeness (QED) is 0.276. The molecule has 178 valence electrons. The first kappa shape index (κ1) is 24.8. The van der Waals surface area contributed by atoms with Gasteiger partial charge in [0.25, 0.3) is 0 Å². The highest BCUT2D eigenvalue weighted by Gasteiger charge is 2.16. The predicted octanol–water partition coefficient (Wildman–Crippen LogP) is 4.87. The minimum atomic E-state index is -1.12. The zero-order valence-corrected chi connectivity index (χ0v) is 18.9. The molecule has 0 saturated carbocycles. The molecule has 0 bridgehead atoms. The van der Waals surface area contributed by atoms with Crippen LogP contribution < -0.4 is 10.2 Å². The molecule has 8 nitrogen and oxygen atoms in total. The summed E-state index contributed by atoms with van der Waals surface area (Å²) in [6.07, 6.45) is 3.62. The number of hydrogen-bond acceptors (Lipinski definition) is 7. The van der Waals surface area contributed by atoms with Gasteiger partial charge in [0.2, 0.25) is 0 Å². The summed E-state index contributed by atoms with van der Waals surface area (Å²) in [6, 6.07) is 16.6. The number of ketones is 1. The van der Waals surface area contributed by atoms with Gasteiger partial charge in [-0.1, -0.05) is 36.4 Å². The summed E-state index contributed by atoms with van der Waals surface area (Å²) in [6.45, 7) is 1.31. The molecule has 0 saturated heterocycles. The van der Waals surface area contributed by atoms with Crippen LogP contribution in [-0.4, -0.2) is 34.2 Å². The fourth-order valence-corrected chi connectivity index (χ4v) is 3.39. The number of benzene rings is 3. The maximum Gasteiger partial charge on any atom is 0.328 e. The lowest BCUT2D eigenvalue weighted by Crippen LogP contribution is -2.04. The Labute approximate surface area is 200 Å². The number of hydrogen-bond donors (Lipinski definition) is 3. The topological polar surface area (TPSA) is 134 Å². The van der Waals surface area contributed by atoms with Crippen molar-refractivity contribution in [1.29, 1.82) is 0 Å². The number of methoxy groups -OCH3 is 1. The highest BCUT2D eigenvalue weighted by molar-refractivity contribution is 6.02. The molecule has 0 aliphatic heterocycles. The second kappa shape index (κ2) is 10.8. The Hall–Kier alpha value is -4.85. The lowest BCUT2D eigenvalue weighted by molar-refractivity contribution is -0.131. The van der Waals surface area contributed by atoms with Gasteiger partial charge in [0.1, 0.15) is 17.6 Å². The Morgan fingerprint density at radius 2 is 1.71 bits per heavy atom. The summed E-state index contributed by atoms with van der Waals surface area (Å²) >= 11 is 0. The summed E-state index contributed by atoms with van der Waals surface area (Å²) in [5, 5.41) is 27.9. The van der Waals surface area contributed by atoms with Crippen molar-refractivity contribution in [2.75, 3.05) is 7.11 Å². The van der Waals surface area contributed by atoms with Crippen molar-refractivity contribution < 1.29 is 34.1 Å². The van der Waals surface area contributed by atoms with Crippen LogP contribution in [0, 0.1) is 0 Å². The van der Waals surface area contributed by atoms with Crippen molar-refractivity contribution >= 4 is 28.8 Å².